The molecule has 1 aliphatic heterocycles. The molecule has 2 N–H and O–H groups in total. The predicted molar refractivity (Wildman–Crippen MR) is 118 cm³/mol. The van der Waals surface area contributed by atoms with Crippen LogP contribution in [0.2, 0.25) is 0 Å². The number of benzene rings is 4. The van der Waals surface area contributed by atoms with Crippen LogP contribution in [0, 0.1) is 13.8 Å². The van der Waals surface area contributed by atoms with Gasteiger partial charge in [-0.15, -0.1) is 0 Å². The normalized spacial score (nSPS) is 18.5. The Kier molecular flexibility index (Phi) is 4.14. The molecule has 4 aromatic carbocycles. The van der Waals surface area contributed by atoms with Gasteiger partial charge in [0.25, 0.3) is 0 Å². The van der Waals surface area contributed by atoms with Crippen molar-refractivity contribution in [2.45, 2.75) is 26.1 Å². The van der Waals surface area contributed by atoms with Crippen molar-refractivity contribution in [2.24, 2.45) is 0 Å². The molecule has 4 aromatic rings. The lowest BCUT2D eigenvalue weighted by molar-refractivity contribution is 0.509. The fourth-order valence-electron chi connectivity index (χ4n) is 4.14. The number of hydrogen-bond donors (Lipinski definition) is 2. The molecule has 0 aliphatic carbocycles. The minimum atomic E-state index is 0.0700. The summed E-state index contributed by atoms with van der Waals surface area (Å²) in [7, 11) is 0. The highest BCUT2D eigenvalue weighted by atomic mass is 15.2. The summed E-state index contributed by atoms with van der Waals surface area (Å²) in [4.78, 5) is 0. The van der Waals surface area contributed by atoms with Crippen molar-refractivity contribution in [1.29, 1.82) is 0 Å². The molecule has 5 rings (SSSR count). The molecular formula is C26H24N2. The molecule has 0 aromatic heterocycles. The summed E-state index contributed by atoms with van der Waals surface area (Å²) in [5.41, 5.74) is 7.63. The van der Waals surface area contributed by atoms with Crippen LogP contribution in [0.3, 0.4) is 0 Å². The van der Waals surface area contributed by atoms with Crippen LogP contribution in [0.4, 0.5) is 5.69 Å². The molecule has 0 saturated carbocycles. The van der Waals surface area contributed by atoms with Gasteiger partial charge in [0.1, 0.15) is 6.17 Å². The molecule has 1 aliphatic rings. The molecule has 138 valence electrons. The Bertz CT molecular complexity index is 1130. The van der Waals surface area contributed by atoms with Crippen LogP contribution in [-0.4, -0.2) is 0 Å². The number of rotatable bonds is 2. The Labute approximate surface area is 166 Å². The maximum atomic E-state index is 3.86. The fourth-order valence-corrected chi connectivity index (χ4v) is 4.14. The number of nitrogens with one attached hydrogen (secondary N) is 2. The molecule has 0 spiro atoms. The van der Waals surface area contributed by atoms with Crippen molar-refractivity contribution in [3.8, 4) is 0 Å². The maximum absolute atomic E-state index is 3.86. The number of fused-ring (bicyclic) bond motifs is 3. The highest BCUT2D eigenvalue weighted by Gasteiger charge is 2.29. The second-order valence-electron chi connectivity index (χ2n) is 7.75. The van der Waals surface area contributed by atoms with Crippen LogP contribution in [0.5, 0.6) is 0 Å². The molecule has 0 radical (unpaired) electrons. The maximum Gasteiger partial charge on any atom is 0.104 e. The average Bonchev–Trinajstić information content (AvgIpc) is 2.74. The molecule has 2 unspecified atom stereocenters. The second kappa shape index (κ2) is 6.81. The molecule has 2 nitrogen and oxygen atoms in total. The first-order valence-corrected chi connectivity index (χ1v) is 9.86. The first-order valence-electron chi connectivity index (χ1n) is 9.86. The summed E-state index contributed by atoms with van der Waals surface area (Å²) in [6.07, 6.45) is 0.0700. The van der Waals surface area contributed by atoms with E-state index in [1.165, 1.54) is 44.3 Å². The summed E-state index contributed by atoms with van der Waals surface area (Å²) in [5.74, 6) is 0. The standard InChI is InChI=1S/C26H24N2/c1-17-7-11-20(12-8-17)25-24-22-6-4-3-5-19(22)15-16-23(24)27-26(28-25)21-13-9-18(2)10-14-21/h3-16,25-28H,1-2H3. The van der Waals surface area contributed by atoms with Gasteiger partial charge in [-0.1, -0.05) is 90.0 Å². The molecule has 0 amide bonds. The van der Waals surface area contributed by atoms with E-state index in [0.29, 0.717) is 0 Å². The highest BCUT2D eigenvalue weighted by Crippen LogP contribution is 2.40. The number of anilines is 1. The lowest BCUT2D eigenvalue weighted by Gasteiger charge is -2.36. The van der Waals surface area contributed by atoms with Crippen molar-refractivity contribution < 1.29 is 0 Å². The summed E-state index contributed by atoms with van der Waals surface area (Å²) < 4.78 is 0. The highest BCUT2D eigenvalue weighted by molar-refractivity contribution is 5.91. The van der Waals surface area contributed by atoms with Crippen molar-refractivity contribution in [3.63, 3.8) is 0 Å². The minimum Gasteiger partial charge on any atom is -0.366 e. The van der Waals surface area contributed by atoms with Gasteiger partial charge in [-0.05, 0) is 41.8 Å². The molecule has 1 heterocycles. The molecular weight excluding hydrogens is 340 g/mol. The quantitative estimate of drug-likeness (QED) is 0.439. The zero-order valence-corrected chi connectivity index (χ0v) is 16.2. The summed E-state index contributed by atoms with van der Waals surface area (Å²) in [6.45, 7) is 4.26. The lowest BCUT2D eigenvalue weighted by Crippen LogP contribution is -2.37. The van der Waals surface area contributed by atoms with E-state index < -0.39 is 0 Å². The lowest BCUT2D eigenvalue weighted by atomic mass is 9.89. The summed E-state index contributed by atoms with van der Waals surface area (Å²) >= 11 is 0. The van der Waals surface area contributed by atoms with Crippen molar-refractivity contribution in [1.82, 2.24) is 5.32 Å². The Hall–Kier alpha value is -3.10. The van der Waals surface area contributed by atoms with Gasteiger partial charge in [0, 0.05) is 11.3 Å². The van der Waals surface area contributed by atoms with Gasteiger partial charge in [-0.2, -0.15) is 0 Å². The fraction of sp³-hybridized carbons (Fsp3) is 0.154. The van der Waals surface area contributed by atoms with E-state index in [2.05, 4.69) is 109 Å². The molecule has 2 heteroatoms. The first kappa shape index (κ1) is 17.0. The van der Waals surface area contributed by atoms with Gasteiger partial charge >= 0.3 is 0 Å². The van der Waals surface area contributed by atoms with E-state index >= 15 is 0 Å². The van der Waals surface area contributed by atoms with E-state index in [1.54, 1.807) is 0 Å². The van der Waals surface area contributed by atoms with Crippen LogP contribution in [0.1, 0.15) is 40.0 Å². The smallest absolute Gasteiger partial charge is 0.104 e. The zero-order chi connectivity index (χ0) is 19.1. The van der Waals surface area contributed by atoms with Gasteiger partial charge in [0.15, 0.2) is 0 Å². The zero-order valence-electron chi connectivity index (χ0n) is 16.2. The minimum absolute atomic E-state index is 0.0700. The first-order chi connectivity index (χ1) is 13.7. The molecule has 2 atom stereocenters. The van der Waals surface area contributed by atoms with Crippen molar-refractivity contribution in [3.05, 3.63) is 113 Å². The van der Waals surface area contributed by atoms with Crippen LogP contribution in [-0.2, 0) is 0 Å². The monoisotopic (exact) mass is 364 g/mol. The summed E-state index contributed by atoms with van der Waals surface area (Å²) in [5, 5.41) is 10.2. The third-order valence-electron chi connectivity index (χ3n) is 5.71. The Balaban J connectivity index is 1.67. The molecule has 28 heavy (non-hydrogen) atoms. The average molecular weight is 364 g/mol. The van der Waals surface area contributed by atoms with Gasteiger partial charge in [-0.3, -0.25) is 5.32 Å². The van der Waals surface area contributed by atoms with Crippen molar-refractivity contribution >= 4 is 16.5 Å². The van der Waals surface area contributed by atoms with E-state index in [-0.39, 0.29) is 12.2 Å². The SMILES string of the molecule is Cc1ccc(C2Nc3ccc4ccccc4c3C(c3ccc(C)cc3)N2)cc1. The largest absolute Gasteiger partial charge is 0.366 e. The van der Waals surface area contributed by atoms with Crippen LogP contribution < -0.4 is 10.6 Å². The van der Waals surface area contributed by atoms with Gasteiger partial charge in [0.2, 0.25) is 0 Å². The van der Waals surface area contributed by atoms with Crippen LogP contribution >= 0.6 is 0 Å². The summed E-state index contributed by atoms with van der Waals surface area (Å²) in [6, 6.07) is 30.9. The van der Waals surface area contributed by atoms with Crippen LogP contribution in [0.15, 0.2) is 84.9 Å². The predicted octanol–water partition coefficient (Wildman–Crippen LogP) is 6.26. The third kappa shape index (κ3) is 2.96. The van der Waals surface area contributed by atoms with E-state index in [1.807, 2.05) is 0 Å². The van der Waals surface area contributed by atoms with E-state index in [0.717, 1.165) is 0 Å². The van der Waals surface area contributed by atoms with Crippen LogP contribution in [0.25, 0.3) is 10.8 Å². The van der Waals surface area contributed by atoms with Gasteiger partial charge < -0.3 is 5.32 Å². The van der Waals surface area contributed by atoms with Gasteiger partial charge in [0.05, 0.1) is 6.04 Å². The van der Waals surface area contributed by atoms with Crippen molar-refractivity contribution in [2.75, 3.05) is 5.32 Å². The third-order valence-corrected chi connectivity index (χ3v) is 5.71. The Morgan fingerprint density at radius 2 is 1.29 bits per heavy atom. The number of aryl methyl sites for hydroxylation is 2. The molecule has 0 bridgehead atoms. The molecule has 0 fully saturated rings. The Morgan fingerprint density at radius 1 is 0.643 bits per heavy atom. The second-order valence-corrected chi connectivity index (χ2v) is 7.75. The Morgan fingerprint density at radius 3 is 2.00 bits per heavy atom. The number of hydrogen-bond acceptors (Lipinski definition) is 2. The van der Waals surface area contributed by atoms with Gasteiger partial charge in [-0.25, -0.2) is 0 Å². The topological polar surface area (TPSA) is 24.1 Å². The molecule has 0 saturated heterocycles. The van der Waals surface area contributed by atoms with E-state index in [9.17, 15) is 0 Å². The van der Waals surface area contributed by atoms with E-state index in [4.69, 9.17) is 0 Å².